The molecule has 2 unspecified atom stereocenters. The largest absolute Gasteiger partial charge is 0.469 e. The number of amides is 1. The first-order valence-corrected chi connectivity index (χ1v) is 6.61. The van der Waals surface area contributed by atoms with E-state index in [4.69, 9.17) is 4.74 Å². The molecule has 0 spiro atoms. The molecule has 0 bridgehead atoms. The summed E-state index contributed by atoms with van der Waals surface area (Å²) in [7, 11) is 1.35. The molecule has 1 heterocycles. The zero-order chi connectivity index (χ0) is 14.7. The second kappa shape index (κ2) is 6.03. The Kier molecular flexibility index (Phi) is 4.37. The smallest absolute Gasteiger partial charge is 0.310 e. The highest BCUT2D eigenvalue weighted by atomic mass is 19.1. The molecule has 1 amide bonds. The van der Waals surface area contributed by atoms with E-state index in [2.05, 4.69) is 0 Å². The van der Waals surface area contributed by atoms with Crippen LogP contribution in [-0.4, -0.2) is 37.0 Å². The summed E-state index contributed by atoms with van der Waals surface area (Å²) in [6, 6.07) is 6.01. The topological polar surface area (TPSA) is 46.6 Å². The first kappa shape index (κ1) is 14.5. The van der Waals surface area contributed by atoms with Crippen LogP contribution in [0.4, 0.5) is 4.39 Å². The van der Waals surface area contributed by atoms with Crippen molar-refractivity contribution in [3.05, 3.63) is 35.6 Å². The van der Waals surface area contributed by atoms with E-state index >= 15 is 0 Å². The molecule has 1 saturated heterocycles. The van der Waals surface area contributed by atoms with Gasteiger partial charge in [0, 0.05) is 13.1 Å². The van der Waals surface area contributed by atoms with Crippen molar-refractivity contribution in [3.63, 3.8) is 0 Å². The molecule has 1 aliphatic rings. The minimum atomic E-state index is -0.350. The Morgan fingerprint density at radius 1 is 1.40 bits per heavy atom. The molecule has 4 nitrogen and oxygen atoms in total. The number of esters is 1. The quantitative estimate of drug-likeness (QED) is 0.790. The molecule has 1 aliphatic heterocycles. The van der Waals surface area contributed by atoms with Gasteiger partial charge in [-0.1, -0.05) is 19.1 Å². The molecule has 0 N–H and O–H groups in total. The van der Waals surface area contributed by atoms with Crippen LogP contribution < -0.4 is 0 Å². The van der Waals surface area contributed by atoms with E-state index in [0.29, 0.717) is 18.7 Å². The number of carbonyl (C=O) groups is 2. The lowest BCUT2D eigenvalue weighted by Gasteiger charge is -2.16. The molecule has 0 aliphatic carbocycles. The molecule has 2 rings (SSSR count). The highest BCUT2D eigenvalue weighted by Gasteiger charge is 2.37. The highest BCUT2D eigenvalue weighted by molar-refractivity contribution is 5.81. The van der Waals surface area contributed by atoms with Crippen molar-refractivity contribution in [2.24, 2.45) is 11.8 Å². The Balaban J connectivity index is 1.99. The fourth-order valence-corrected chi connectivity index (χ4v) is 2.56. The van der Waals surface area contributed by atoms with E-state index in [1.807, 2.05) is 6.92 Å². The Hall–Kier alpha value is -1.91. The Morgan fingerprint density at radius 3 is 2.80 bits per heavy atom. The van der Waals surface area contributed by atoms with Crippen LogP contribution in [0, 0.1) is 17.7 Å². The first-order chi connectivity index (χ1) is 9.51. The van der Waals surface area contributed by atoms with Gasteiger partial charge >= 0.3 is 5.97 Å². The maximum Gasteiger partial charge on any atom is 0.310 e. The van der Waals surface area contributed by atoms with E-state index in [9.17, 15) is 14.0 Å². The second-order valence-corrected chi connectivity index (χ2v) is 5.21. The first-order valence-electron chi connectivity index (χ1n) is 6.61. The fraction of sp³-hybridized carbons (Fsp3) is 0.467. The van der Waals surface area contributed by atoms with Crippen molar-refractivity contribution in [2.45, 2.75) is 13.3 Å². The number of hydrogen-bond acceptors (Lipinski definition) is 3. The van der Waals surface area contributed by atoms with Crippen LogP contribution in [0.3, 0.4) is 0 Å². The summed E-state index contributed by atoms with van der Waals surface area (Å²) < 4.78 is 17.8. The van der Waals surface area contributed by atoms with Crippen molar-refractivity contribution in [2.75, 3.05) is 20.2 Å². The fourth-order valence-electron chi connectivity index (χ4n) is 2.56. The minimum absolute atomic E-state index is 0.0823. The summed E-state index contributed by atoms with van der Waals surface area (Å²) in [6.45, 7) is 2.84. The Morgan fingerprint density at radius 2 is 2.15 bits per heavy atom. The molecular formula is C15H18FNO3. The molecule has 2 atom stereocenters. The molecule has 1 fully saturated rings. The lowest BCUT2D eigenvalue weighted by Crippen LogP contribution is -2.31. The third-order valence-electron chi connectivity index (χ3n) is 3.71. The molecular weight excluding hydrogens is 261 g/mol. The molecule has 0 radical (unpaired) electrons. The molecule has 20 heavy (non-hydrogen) atoms. The van der Waals surface area contributed by atoms with Gasteiger partial charge in [0.1, 0.15) is 5.82 Å². The minimum Gasteiger partial charge on any atom is -0.469 e. The van der Waals surface area contributed by atoms with E-state index in [0.717, 1.165) is 0 Å². The van der Waals surface area contributed by atoms with Gasteiger partial charge in [0.15, 0.2) is 0 Å². The van der Waals surface area contributed by atoms with Crippen LogP contribution in [0.2, 0.25) is 0 Å². The Bertz CT molecular complexity index is 518. The van der Waals surface area contributed by atoms with Crippen LogP contribution in [0.1, 0.15) is 12.5 Å². The number of halogens is 1. The summed E-state index contributed by atoms with van der Waals surface area (Å²) in [5.74, 6) is -0.902. The predicted molar refractivity (Wildman–Crippen MR) is 71.4 cm³/mol. The number of carbonyl (C=O) groups excluding carboxylic acids is 2. The van der Waals surface area contributed by atoms with Gasteiger partial charge in [0.05, 0.1) is 19.4 Å². The molecule has 108 valence electrons. The van der Waals surface area contributed by atoms with Crippen molar-refractivity contribution < 1.29 is 18.7 Å². The summed E-state index contributed by atoms with van der Waals surface area (Å²) >= 11 is 0. The number of hydrogen-bond donors (Lipinski definition) is 0. The average molecular weight is 279 g/mol. The zero-order valence-corrected chi connectivity index (χ0v) is 11.6. The van der Waals surface area contributed by atoms with Crippen molar-refractivity contribution >= 4 is 11.9 Å². The SMILES string of the molecule is COC(=O)C1CN(C(=O)Cc2cccc(F)c2)CC1C. The van der Waals surface area contributed by atoms with Crippen molar-refractivity contribution in [3.8, 4) is 0 Å². The van der Waals surface area contributed by atoms with E-state index in [1.165, 1.54) is 19.2 Å². The third kappa shape index (κ3) is 3.15. The second-order valence-electron chi connectivity index (χ2n) is 5.21. The summed E-state index contributed by atoms with van der Waals surface area (Å²) in [5.41, 5.74) is 0.643. The van der Waals surface area contributed by atoms with E-state index in [-0.39, 0.29) is 36.0 Å². The van der Waals surface area contributed by atoms with E-state index < -0.39 is 0 Å². The molecule has 0 saturated carbocycles. The molecule has 0 aromatic heterocycles. The molecule has 1 aromatic carbocycles. The van der Waals surface area contributed by atoms with Gasteiger partial charge in [0.25, 0.3) is 0 Å². The van der Waals surface area contributed by atoms with Gasteiger partial charge in [0.2, 0.25) is 5.91 Å². The van der Waals surface area contributed by atoms with Crippen molar-refractivity contribution in [1.29, 1.82) is 0 Å². The lowest BCUT2D eigenvalue weighted by atomic mass is 9.99. The summed E-state index contributed by atoms with van der Waals surface area (Å²) in [5, 5.41) is 0. The standard InChI is InChI=1S/C15H18FNO3/c1-10-8-17(9-13(10)15(19)20-2)14(18)7-11-4-3-5-12(16)6-11/h3-6,10,13H,7-9H2,1-2H3. The average Bonchev–Trinajstić information content (AvgIpc) is 2.80. The van der Waals surface area contributed by atoms with Crippen LogP contribution in [0.15, 0.2) is 24.3 Å². The normalized spacial score (nSPS) is 21.9. The van der Waals surface area contributed by atoms with Gasteiger partial charge in [-0.15, -0.1) is 0 Å². The number of benzene rings is 1. The van der Waals surface area contributed by atoms with Crippen LogP contribution in [-0.2, 0) is 20.7 Å². The Labute approximate surface area is 117 Å². The maximum absolute atomic E-state index is 13.1. The van der Waals surface area contributed by atoms with Gasteiger partial charge in [-0.25, -0.2) is 4.39 Å². The van der Waals surface area contributed by atoms with Crippen LogP contribution >= 0.6 is 0 Å². The zero-order valence-electron chi connectivity index (χ0n) is 11.6. The third-order valence-corrected chi connectivity index (χ3v) is 3.71. The van der Waals surface area contributed by atoms with E-state index in [1.54, 1.807) is 17.0 Å². The predicted octanol–water partition coefficient (Wildman–Crippen LogP) is 1.64. The monoisotopic (exact) mass is 279 g/mol. The van der Waals surface area contributed by atoms with Crippen molar-refractivity contribution in [1.82, 2.24) is 4.90 Å². The van der Waals surface area contributed by atoms with Gasteiger partial charge in [-0.2, -0.15) is 0 Å². The number of methoxy groups -OCH3 is 1. The van der Waals surface area contributed by atoms with Gasteiger partial charge in [-0.05, 0) is 23.6 Å². The summed E-state index contributed by atoms with van der Waals surface area (Å²) in [4.78, 5) is 25.4. The number of likely N-dealkylation sites (tertiary alicyclic amines) is 1. The molecule has 1 aromatic rings. The van der Waals surface area contributed by atoms with Gasteiger partial charge in [-0.3, -0.25) is 9.59 Å². The maximum atomic E-state index is 13.1. The lowest BCUT2D eigenvalue weighted by molar-refractivity contribution is -0.146. The van der Waals surface area contributed by atoms with Crippen LogP contribution in [0.5, 0.6) is 0 Å². The summed E-state index contributed by atoms with van der Waals surface area (Å²) in [6.07, 6.45) is 0.151. The highest BCUT2D eigenvalue weighted by Crippen LogP contribution is 2.24. The number of rotatable bonds is 3. The number of nitrogens with zero attached hydrogens (tertiary/aromatic N) is 1. The number of ether oxygens (including phenoxy) is 1. The molecule has 5 heteroatoms. The van der Waals surface area contributed by atoms with Gasteiger partial charge < -0.3 is 9.64 Å². The van der Waals surface area contributed by atoms with Crippen LogP contribution in [0.25, 0.3) is 0 Å².